The predicted octanol–water partition coefficient (Wildman–Crippen LogP) is 4.29. The molecule has 2 heterocycles. The number of anilines is 2. The summed E-state index contributed by atoms with van der Waals surface area (Å²) < 4.78 is 5.18. The Kier molecular flexibility index (Phi) is 4.98. The van der Waals surface area contributed by atoms with Crippen molar-refractivity contribution < 1.29 is 9.53 Å². The first-order valence-corrected chi connectivity index (χ1v) is 9.39. The van der Waals surface area contributed by atoms with Crippen LogP contribution in [-0.2, 0) is 13.0 Å². The number of carbonyl (C=O) groups excluding carboxylic acids is 1. The number of nitrogens with zero attached hydrogens (tertiary/aromatic N) is 2. The van der Waals surface area contributed by atoms with Crippen molar-refractivity contribution in [2.75, 3.05) is 17.3 Å². The van der Waals surface area contributed by atoms with Crippen LogP contribution in [0.15, 0.2) is 67.0 Å². The number of aromatic nitrogens is 1. The molecule has 1 aliphatic heterocycles. The van der Waals surface area contributed by atoms with Crippen molar-refractivity contribution in [2.45, 2.75) is 25.9 Å². The van der Waals surface area contributed by atoms with E-state index in [9.17, 15) is 4.79 Å². The number of ether oxygens (including phenoxy) is 1. The van der Waals surface area contributed by atoms with E-state index in [0.29, 0.717) is 12.1 Å². The predicted molar refractivity (Wildman–Crippen MR) is 111 cm³/mol. The number of rotatable bonds is 5. The lowest BCUT2D eigenvalue weighted by Gasteiger charge is -2.23. The molecule has 1 amide bonds. The lowest BCUT2D eigenvalue weighted by atomic mass is 10.1. The highest BCUT2D eigenvalue weighted by molar-refractivity contribution is 6.08. The van der Waals surface area contributed by atoms with E-state index < -0.39 is 0 Å². The monoisotopic (exact) mass is 373 g/mol. The van der Waals surface area contributed by atoms with E-state index in [1.807, 2.05) is 53.4 Å². The van der Waals surface area contributed by atoms with Crippen LogP contribution >= 0.6 is 0 Å². The van der Waals surface area contributed by atoms with E-state index in [2.05, 4.69) is 23.3 Å². The Morgan fingerprint density at radius 3 is 2.75 bits per heavy atom. The molecule has 2 aromatic carbocycles. The van der Waals surface area contributed by atoms with Crippen LogP contribution in [0.5, 0.6) is 5.75 Å². The number of pyridine rings is 1. The summed E-state index contributed by atoms with van der Waals surface area (Å²) in [4.78, 5) is 19.3. The van der Waals surface area contributed by atoms with Crippen LogP contribution in [-0.4, -0.2) is 24.0 Å². The number of fused-ring (bicyclic) bond motifs is 1. The van der Waals surface area contributed by atoms with Gasteiger partial charge >= 0.3 is 0 Å². The molecule has 28 heavy (non-hydrogen) atoms. The van der Waals surface area contributed by atoms with Gasteiger partial charge in [-0.1, -0.05) is 30.3 Å². The Labute approximate surface area is 165 Å². The number of carbonyl (C=O) groups is 1. The summed E-state index contributed by atoms with van der Waals surface area (Å²) in [5, 5.41) is 3.34. The molecule has 1 N–H and O–H groups in total. The summed E-state index contributed by atoms with van der Waals surface area (Å²) in [7, 11) is 1.65. The molecule has 4 rings (SSSR count). The van der Waals surface area contributed by atoms with Crippen molar-refractivity contribution in [3.63, 3.8) is 0 Å². The van der Waals surface area contributed by atoms with Gasteiger partial charge in [-0.2, -0.15) is 0 Å². The fraction of sp³-hybridized carbons (Fsp3) is 0.217. The van der Waals surface area contributed by atoms with Crippen LogP contribution in [0.2, 0.25) is 0 Å². The SMILES string of the molecule is COc1ccc(CNc2cncc(C(=O)N3c4ccccc4CC3C)c2)cc1. The van der Waals surface area contributed by atoms with Crippen LogP contribution in [0.1, 0.15) is 28.4 Å². The summed E-state index contributed by atoms with van der Waals surface area (Å²) in [5.74, 6) is 0.816. The van der Waals surface area contributed by atoms with Gasteiger partial charge in [0.2, 0.25) is 0 Å². The minimum atomic E-state index is -0.0157. The molecule has 1 aromatic heterocycles. The molecule has 0 saturated carbocycles. The van der Waals surface area contributed by atoms with E-state index in [4.69, 9.17) is 4.74 Å². The first kappa shape index (κ1) is 18.0. The molecule has 0 saturated heterocycles. The normalized spacial score (nSPS) is 15.2. The fourth-order valence-corrected chi connectivity index (χ4v) is 3.62. The van der Waals surface area contributed by atoms with Crippen molar-refractivity contribution >= 4 is 17.3 Å². The number of hydrogen-bond acceptors (Lipinski definition) is 4. The van der Waals surface area contributed by atoms with E-state index in [1.54, 1.807) is 19.5 Å². The number of benzene rings is 2. The van der Waals surface area contributed by atoms with Crippen LogP contribution < -0.4 is 15.0 Å². The topological polar surface area (TPSA) is 54.5 Å². The average Bonchev–Trinajstić information content (AvgIpc) is 3.08. The molecule has 1 aliphatic rings. The van der Waals surface area contributed by atoms with E-state index >= 15 is 0 Å². The fourth-order valence-electron chi connectivity index (χ4n) is 3.62. The second-order valence-corrected chi connectivity index (χ2v) is 7.02. The minimum absolute atomic E-state index is 0.0157. The third-order valence-corrected chi connectivity index (χ3v) is 5.07. The Bertz CT molecular complexity index is 985. The maximum atomic E-state index is 13.2. The second kappa shape index (κ2) is 7.72. The molecule has 142 valence electrons. The highest BCUT2D eigenvalue weighted by atomic mass is 16.5. The van der Waals surface area contributed by atoms with Crippen molar-refractivity contribution in [1.82, 2.24) is 4.98 Å². The minimum Gasteiger partial charge on any atom is -0.497 e. The maximum absolute atomic E-state index is 13.2. The van der Waals surface area contributed by atoms with Crippen molar-refractivity contribution in [2.24, 2.45) is 0 Å². The molecular weight excluding hydrogens is 350 g/mol. The summed E-state index contributed by atoms with van der Waals surface area (Å²) in [6, 6.07) is 18.0. The Morgan fingerprint density at radius 1 is 1.18 bits per heavy atom. The smallest absolute Gasteiger partial charge is 0.260 e. The lowest BCUT2D eigenvalue weighted by Crippen LogP contribution is -2.35. The summed E-state index contributed by atoms with van der Waals surface area (Å²) >= 11 is 0. The van der Waals surface area contributed by atoms with Gasteiger partial charge in [-0.15, -0.1) is 0 Å². The maximum Gasteiger partial charge on any atom is 0.260 e. The van der Waals surface area contributed by atoms with E-state index in [0.717, 1.165) is 29.1 Å². The van der Waals surface area contributed by atoms with Gasteiger partial charge in [-0.3, -0.25) is 9.78 Å². The Morgan fingerprint density at radius 2 is 1.96 bits per heavy atom. The molecular formula is C23H23N3O2. The lowest BCUT2D eigenvalue weighted by molar-refractivity contribution is 0.0981. The first-order valence-electron chi connectivity index (χ1n) is 9.39. The van der Waals surface area contributed by atoms with Crippen molar-refractivity contribution in [3.8, 4) is 5.75 Å². The number of para-hydroxylation sites is 1. The summed E-state index contributed by atoms with van der Waals surface area (Å²) in [6.45, 7) is 2.73. The first-order chi connectivity index (χ1) is 13.7. The van der Waals surface area contributed by atoms with Crippen molar-refractivity contribution in [3.05, 3.63) is 83.7 Å². The van der Waals surface area contributed by atoms with Crippen LogP contribution in [0.25, 0.3) is 0 Å². The molecule has 1 atom stereocenters. The highest BCUT2D eigenvalue weighted by Crippen LogP contribution is 2.33. The zero-order valence-corrected chi connectivity index (χ0v) is 16.1. The largest absolute Gasteiger partial charge is 0.497 e. The summed E-state index contributed by atoms with van der Waals surface area (Å²) in [6.07, 6.45) is 4.25. The van der Waals surface area contributed by atoms with E-state index in [1.165, 1.54) is 5.56 Å². The van der Waals surface area contributed by atoms with Crippen LogP contribution in [0.3, 0.4) is 0 Å². The zero-order chi connectivity index (χ0) is 19.5. The molecule has 0 fully saturated rings. The van der Waals surface area contributed by atoms with Gasteiger partial charge in [0.1, 0.15) is 5.75 Å². The molecule has 3 aromatic rings. The standard InChI is InChI=1S/C23H23N3O2/c1-16-11-18-5-3-4-6-22(18)26(16)23(27)19-12-20(15-24-14-19)25-13-17-7-9-21(28-2)10-8-17/h3-10,12,14-16,25H,11,13H2,1-2H3. The molecule has 1 unspecified atom stereocenters. The van der Waals surface area contributed by atoms with Gasteiger partial charge in [0, 0.05) is 30.7 Å². The quantitative estimate of drug-likeness (QED) is 0.725. The Hall–Kier alpha value is -3.34. The third kappa shape index (κ3) is 3.56. The zero-order valence-electron chi connectivity index (χ0n) is 16.1. The van der Waals surface area contributed by atoms with Crippen LogP contribution in [0.4, 0.5) is 11.4 Å². The Balaban J connectivity index is 1.49. The third-order valence-electron chi connectivity index (χ3n) is 5.07. The number of methoxy groups -OCH3 is 1. The van der Waals surface area contributed by atoms with Gasteiger partial charge in [-0.25, -0.2) is 0 Å². The molecule has 0 radical (unpaired) electrons. The number of hydrogen-bond donors (Lipinski definition) is 1. The van der Waals surface area contributed by atoms with E-state index in [-0.39, 0.29) is 11.9 Å². The van der Waals surface area contributed by atoms with Gasteiger partial charge in [0.25, 0.3) is 5.91 Å². The number of nitrogens with one attached hydrogen (secondary N) is 1. The highest BCUT2D eigenvalue weighted by Gasteiger charge is 2.31. The van der Waals surface area contributed by atoms with Gasteiger partial charge in [-0.05, 0) is 48.7 Å². The molecule has 0 bridgehead atoms. The molecule has 0 spiro atoms. The second-order valence-electron chi connectivity index (χ2n) is 7.02. The van der Waals surface area contributed by atoms with Crippen LogP contribution in [0, 0.1) is 0 Å². The number of amides is 1. The summed E-state index contributed by atoms with van der Waals surface area (Å²) in [5.41, 5.74) is 4.74. The molecule has 0 aliphatic carbocycles. The van der Waals surface area contributed by atoms with Gasteiger partial charge in [0.15, 0.2) is 0 Å². The van der Waals surface area contributed by atoms with Gasteiger partial charge in [0.05, 0.1) is 18.4 Å². The van der Waals surface area contributed by atoms with Crippen molar-refractivity contribution in [1.29, 1.82) is 0 Å². The molecule has 5 heteroatoms. The van der Waals surface area contributed by atoms with Gasteiger partial charge < -0.3 is 15.0 Å². The molecule has 5 nitrogen and oxygen atoms in total. The average molecular weight is 373 g/mol.